The van der Waals surface area contributed by atoms with Crippen LogP contribution in [0.15, 0.2) is 18.2 Å². The van der Waals surface area contributed by atoms with E-state index in [1.54, 1.807) is 18.2 Å². The van der Waals surface area contributed by atoms with Crippen molar-refractivity contribution in [3.63, 3.8) is 0 Å². The van der Waals surface area contributed by atoms with E-state index in [0.29, 0.717) is 35.3 Å². The van der Waals surface area contributed by atoms with Gasteiger partial charge in [-0.15, -0.1) is 0 Å². The monoisotopic (exact) mass is 432 g/mol. The highest BCUT2D eigenvalue weighted by atomic mass is 35.5. The van der Waals surface area contributed by atoms with E-state index >= 15 is 0 Å². The minimum atomic E-state index is -3.54. The molecule has 160 valence electrons. The highest BCUT2D eigenvalue weighted by Gasteiger charge is 2.21. The van der Waals surface area contributed by atoms with E-state index in [-0.39, 0.29) is 18.9 Å². The second-order valence-corrected chi connectivity index (χ2v) is 9.32. The van der Waals surface area contributed by atoms with Crippen LogP contribution in [0.2, 0.25) is 5.02 Å². The lowest BCUT2D eigenvalue weighted by atomic mass is 9.99. The van der Waals surface area contributed by atoms with Gasteiger partial charge in [-0.2, -0.15) is 0 Å². The molecule has 1 aromatic carbocycles. The zero-order valence-electron chi connectivity index (χ0n) is 17.3. The average Bonchev–Trinajstić information content (AvgIpc) is 2.64. The number of anilines is 1. The van der Waals surface area contributed by atoms with E-state index in [9.17, 15) is 13.2 Å². The molecule has 1 atom stereocenters. The summed E-state index contributed by atoms with van der Waals surface area (Å²) in [5.41, 5.74) is 0.378. The molecule has 8 heteroatoms. The first-order valence-electron chi connectivity index (χ1n) is 9.80. The molecule has 1 amide bonds. The number of rotatable bonds is 13. The van der Waals surface area contributed by atoms with E-state index in [4.69, 9.17) is 16.3 Å². The summed E-state index contributed by atoms with van der Waals surface area (Å²) >= 11 is 6.03. The predicted octanol–water partition coefficient (Wildman–Crippen LogP) is 4.23. The van der Waals surface area contributed by atoms with Crippen LogP contribution in [0.3, 0.4) is 0 Å². The van der Waals surface area contributed by atoms with Crippen molar-refractivity contribution in [2.75, 3.05) is 30.8 Å². The SMILES string of the molecule is CCCC[C@@H](CC)CNC(=O)CCCN(c1cc(Cl)ccc1OC)S(C)(=O)=O. The summed E-state index contributed by atoms with van der Waals surface area (Å²) in [4.78, 5) is 12.2. The zero-order valence-corrected chi connectivity index (χ0v) is 18.9. The molecule has 0 heterocycles. The first-order chi connectivity index (χ1) is 13.2. The molecular formula is C20H33ClN2O4S. The van der Waals surface area contributed by atoms with E-state index < -0.39 is 10.0 Å². The standard InChI is InChI=1S/C20H33ClN2O4S/c1-5-7-9-16(6-2)15-22-20(24)10-8-13-23(28(4,25)26)18-14-17(21)11-12-19(18)27-3/h11-12,14,16H,5-10,13,15H2,1-4H3,(H,22,24)/t16-/m1/s1. The molecule has 1 rings (SSSR count). The summed E-state index contributed by atoms with van der Waals surface area (Å²) in [6.45, 7) is 5.14. The number of hydrogen-bond acceptors (Lipinski definition) is 4. The van der Waals surface area contributed by atoms with Gasteiger partial charge in [0.15, 0.2) is 0 Å². The Kier molecular flexibility index (Phi) is 10.7. The number of sulfonamides is 1. The van der Waals surface area contributed by atoms with Crippen LogP contribution < -0.4 is 14.4 Å². The molecule has 0 aromatic heterocycles. The number of unbranched alkanes of at least 4 members (excludes halogenated alkanes) is 1. The predicted molar refractivity (Wildman–Crippen MR) is 116 cm³/mol. The average molecular weight is 433 g/mol. The summed E-state index contributed by atoms with van der Waals surface area (Å²) in [5, 5.41) is 3.39. The summed E-state index contributed by atoms with van der Waals surface area (Å²) in [7, 11) is -2.07. The molecular weight excluding hydrogens is 400 g/mol. The maximum atomic E-state index is 12.3. The Balaban J connectivity index is 2.66. The van der Waals surface area contributed by atoms with Crippen molar-refractivity contribution in [3.8, 4) is 5.75 Å². The molecule has 0 fully saturated rings. The number of carbonyl (C=O) groups excluding carboxylic acids is 1. The van der Waals surface area contributed by atoms with Crippen LogP contribution >= 0.6 is 11.6 Å². The Bertz CT molecular complexity index is 725. The van der Waals surface area contributed by atoms with Gasteiger partial charge >= 0.3 is 0 Å². The summed E-state index contributed by atoms with van der Waals surface area (Å²) < 4.78 is 31.0. The fourth-order valence-electron chi connectivity index (χ4n) is 3.00. The number of halogens is 1. The van der Waals surface area contributed by atoms with Gasteiger partial charge in [-0.3, -0.25) is 9.10 Å². The van der Waals surface area contributed by atoms with Crippen LogP contribution in [0.25, 0.3) is 0 Å². The molecule has 28 heavy (non-hydrogen) atoms. The van der Waals surface area contributed by atoms with Crippen LogP contribution in [0, 0.1) is 5.92 Å². The van der Waals surface area contributed by atoms with E-state index in [1.165, 1.54) is 17.8 Å². The maximum Gasteiger partial charge on any atom is 0.232 e. The van der Waals surface area contributed by atoms with Crippen molar-refractivity contribution in [1.29, 1.82) is 0 Å². The number of nitrogens with one attached hydrogen (secondary N) is 1. The Morgan fingerprint density at radius 3 is 2.57 bits per heavy atom. The third-order valence-electron chi connectivity index (χ3n) is 4.71. The minimum absolute atomic E-state index is 0.0542. The second kappa shape index (κ2) is 12.2. The molecule has 0 aliphatic rings. The van der Waals surface area contributed by atoms with Crippen molar-refractivity contribution in [2.24, 2.45) is 5.92 Å². The topological polar surface area (TPSA) is 75.7 Å². The number of benzene rings is 1. The normalized spacial score (nSPS) is 12.5. The van der Waals surface area contributed by atoms with Crippen LogP contribution in [0.1, 0.15) is 52.4 Å². The minimum Gasteiger partial charge on any atom is -0.495 e. The quantitative estimate of drug-likeness (QED) is 0.506. The number of amides is 1. The molecule has 0 bridgehead atoms. The number of carbonyl (C=O) groups is 1. The molecule has 6 nitrogen and oxygen atoms in total. The van der Waals surface area contributed by atoms with Gasteiger partial charge in [-0.05, 0) is 37.0 Å². The van der Waals surface area contributed by atoms with Crippen molar-refractivity contribution in [3.05, 3.63) is 23.2 Å². The third-order valence-corrected chi connectivity index (χ3v) is 6.12. The van der Waals surface area contributed by atoms with Crippen molar-refractivity contribution < 1.29 is 17.9 Å². The van der Waals surface area contributed by atoms with Gasteiger partial charge in [0.25, 0.3) is 0 Å². The Morgan fingerprint density at radius 1 is 1.29 bits per heavy atom. The highest BCUT2D eigenvalue weighted by molar-refractivity contribution is 7.92. The molecule has 1 N–H and O–H groups in total. The van der Waals surface area contributed by atoms with Gasteiger partial charge < -0.3 is 10.1 Å². The second-order valence-electron chi connectivity index (χ2n) is 6.98. The molecule has 1 aromatic rings. The molecule has 0 saturated heterocycles. The van der Waals surface area contributed by atoms with Crippen molar-refractivity contribution >= 4 is 33.2 Å². The lowest BCUT2D eigenvalue weighted by Crippen LogP contribution is -2.33. The summed E-state index contributed by atoms with van der Waals surface area (Å²) in [6, 6.07) is 4.82. The molecule has 0 radical (unpaired) electrons. The third kappa shape index (κ3) is 8.27. The van der Waals surface area contributed by atoms with Gasteiger partial charge in [0.05, 0.1) is 19.1 Å². The molecule has 0 unspecified atom stereocenters. The van der Waals surface area contributed by atoms with Crippen LogP contribution in [-0.4, -0.2) is 40.8 Å². The molecule has 0 aliphatic carbocycles. The molecule has 0 spiro atoms. The van der Waals surface area contributed by atoms with Gasteiger partial charge in [0.1, 0.15) is 5.75 Å². The summed E-state index contributed by atoms with van der Waals surface area (Å²) in [6.07, 6.45) is 6.27. The van der Waals surface area contributed by atoms with Gasteiger partial charge in [0, 0.05) is 24.5 Å². The van der Waals surface area contributed by atoms with E-state index in [0.717, 1.165) is 25.5 Å². The van der Waals surface area contributed by atoms with E-state index in [2.05, 4.69) is 19.2 Å². The smallest absolute Gasteiger partial charge is 0.232 e. The fourth-order valence-corrected chi connectivity index (χ4v) is 4.12. The van der Waals surface area contributed by atoms with Crippen molar-refractivity contribution in [2.45, 2.75) is 52.4 Å². The lowest BCUT2D eigenvalue weighted by molar-refractivity contribution is -0.121. The Morgan fingerprint density at radius 2 is 2.00 bits per heavy atom. The van der Waals surface area contributed by atoms with Crippen LogP contribution in [0.5, 0.6) is 5.75 Å². The Hall–Kier alpha value is -1.47. The maximum absolute atomic E-state index is 12.3. The van der Waals surface area contributed by atoms with Crippen LogP contribution in [-0.2, 0) is 14.8 Å². The first kappa shape index (κ1) is 24.6. The Labute approximate surface area is 174 Å². The highest BCUT2D eigenvalue weighted by Crippen LogP contribution is 2.32. The van der Waals surface area contributed by atoms with Gasteiger partial charge in [0.2, 0.25) is 15.9 Å². The number of methoxy groups -OCH3 is 1. The van der Waals surface area contributed by atoms with Crippen molar-refractivity contribution in [1.82, 2.24) is 5.32 Å². The fraction of sp³-hybridized carbons (Fsp3) is 0.650. The lowest BCUT2D eigenvalue weighted by Gasteiger charge is -2.24. The van der Waals surface area contributed by atoms with Crippen LogP contribution in [0.4, 0.5) is 5.69 Å². The largest absolute Gasteiger partial charge is 0.495 e. The molecule has 0 aliphatic heterocycles. The molecule has 0 saturated carbocycles. The van der Waals surface area contributed by atoms with Gasteiger partial charge in [-0.25, -0.2) is 8.42 Å². The number of nitrogens with zero attached hydrogens (tertiary/aromatic N) is 1. The van der Waals surface area contributed by atoms with Gasteiger partial charge in [-0.1, -0.05) is 44.7 Å². The number of hydrogen-bond donors (Lipinski definition) is 1. The first-order valence-corrected chi connectivity index (χ1v) is 12.0. The zero-order chi connectivity index (χ0) is 21.2. The number of ether oxygens (including phenoxy) is 1. The van der Waals surface area contributed by atoms with E-state index in [1.807, 2.05) is 0 Å². The summed E-state index contributed by atoms with van der Waals surface area (Å²) in [5.74, 6) is 0.856.